The van der Waals surface area contributed by atoms with Crippen LogP contribution in [0.1, 0.15) is 38.5 Å². The molecule has 0 radical (unpaired) electrons. The normalized spacial score (nSPS) is 17.3. The van der Waals surface area contributed by atoms with Crippen LogP contribution in [0.2, 0.25) is 0 Å². The number of nitrogens with two attached hydrogens (primary N) is 1. The monoisotopic (exact) mass is 243 g/mol. The van der Waals surface area contributed by atoms with Crippen molar-refractivity contribution in [3.8, 4) is 0 Å². The topological polar surface area (TPSA) is 43.8 Å². The fourth-order valence-electron chi connectivity index (χ4n) is 3.06. The number of aromatic nitrogens is 2. The summed E-state index contributed by atoms with van der Waals surface area (Å²) in [6.07, 6.45) is 10.4. The second-order valence-electron chi connectivity index (χ2n) is 5.48. The molecule has 0 spiro atoms. The quantitative estimate of drug-likeness (QED) is 0.837. The van der Waals surface area contributed by atoms with Crippen LogP contribution in [0, 0.1) is 5.92 Å². The molecule has 3 rings (SSSR count). The van der Waals surface area contributed by atoms with Crippen LogP contribution in [-0.4, -0.2) is 9.55 Å². The van der Waals surface area contributed by atoms with E-state index in [1.807, 2.05) is 18.5 Å². The van der Waals surface area contributed by atoms with Crippen LogP contribution in [0.15, 0.2) is 24.5 Å². The minimum atomic E-state index is 0.792. The number of nitrogens with zero attached hydrogens (tertiary/aromatic N) is 2. The highest BCUT2D eigenvalue weighted by atomic mass is 15.0. The Kier molecular flexibility index (Phi) is 3.22. The maximum absolute atomic E-state index is 5.77. The van der Waals surface area contributed by atoms with Gasteiger partial charge in [-0.2, -0.15) is 0 Å². The molecule has 0 amide bonds. The summed E-state index contributed by atoms with van der Waals surface area (Å²) >= 11 is 0. The molecule has 96 valence electrons. The first kappa shape index (κ1) is 11.6. The van der Waals surface area contributed by atoms with Gasteiger partial charge in [0.25, 0.3) is 0 Å². The van der Waals surface area contributed by atoms with Crippen molar-refractivity contribution in [1.82, 2.24) is 9.55 Å². The smallest absolute Gasteiger partial charge is 0.0958 e. The number of fused-ring (bicyclic) bond motifs is 1. The number of aryl methyl sites for hydroxylation is 1. The summed E-state index contributed by atoms with van der Waals surface area (Å²) < 4.78 is 2.27. The molecule has 0 saturated heterocycles. The van der Waals surface area contributed by atoms with Crippen molar-refractivity contribution in [1.29, 1.82) is 0 Å². The van der Waals surface area contributed by atoms with Gasteiger partial charge in [-0.1, -0.05) is 32.1 Å². The fraction of sp³-hybridized carbons (Fsp3) is 0.533. The molecular weight excluding hydrogens is 222 g/mol. The molecule has 1 fully saturated rings. The number of imidazole rings is 1. The SMILES string of the molecule is Nc1ccc2c(c1)ncn2CCC1CCCCC1. The third kappa shape index (κ3) is 2.35. The minimum absolute atomic E-state index is 0.792. The largest absolute Gasteiger partial charge is 0.399 e. The van der Waals surface area contributed by atoms with Gasteiger partial charge in [-0.05, 0) is 30.5 Å². The Bertz CT molecular complexity index is 524. The van der Waals surface area contributed by atoms with Gasteiger partial charge in [-0.25, -0.2) is 4.98 Å². The lowest BCUT2D eigenvalue weighted by atomic mass is 9.87. The predicted molar refractivity (Wildman–Crippen MR) is 75.3 cm³/mol. The lowest BCUT2D eigenvalue weighted by Crippen LogP contribution is -2.09. The molecule has 0 atom stereocenters. The van der Waals surface area contributed by atoms with E-state index in [4.69, 9.17) is 5.73 Å². The predicted octanol–water partition coefficient (Wildman–Crippen LogP) is 3.59. The highest BCUT2D eigenvalue weighted by Gasteiger charge is 2.13. The average Bonchev–Trinajstić information content (AvgIpc) is 2.80. The van der Waals surface area contributed by atoms with Crippen LogP contribution in [0.5, 0.6) is 0 Å². The Balaban J connectivity index is 1.70. The molecule has 0 bridgehead atoms. The molecule has 1 aliphatic rings. The van der Waals surface area contributed by atoms with E-state index < -0.39 is 0 Å². The summed E-state index contributed by atoms with van der Waals surface area (Å²) in [7, 11) is 0. The van der Waals surface area contributed by atoms with Crippen LogP contribution in [-0.2, 0) is 6.54 Å². The summed E-state index contributed by atoms with van der Waals surface area (Å²) in [6, 6.07) is 5.99. The zero-order valence-electron chi connectivity index (χ0n) is 10.8. The van der Waals surface area contributed by atoms with Gasteiger partial charge >= 0.3 is 0 Å². The Hall–Kier alpha value is -1.51. The Morgan fingerprint density at radius 3 is 2.89 bits per heavy atom. The van der Waals surface area contributed by atoms with Gasteiger partial charge in [0, 0.05) is 12.2 Å². The van der Waals surface area contributed by atoms with E-state index in [0.717, 1.165) is 23.7 Å². The molecule has 0 unspecified atom stereocenters. The van der Waals surface area contributed by atoms with E-state index in [-0.39, 0.29) is 0 Å². The van der Waals surface area contributed by atoms with Gasteiger partial charge in [0.15, 0.2) is 0 Å². The minimum Gasteiger partial charge on any atom is -0.399 e. The van der Waals surface area contributed by atoms with E-state index in [1.165, 1.54) is 44.0 Å². The Morgan fingerprint density at radius 2 is 2.06 bits per heavy atom. The molecule has 18 heavy (non-hydrogen) atoms. The molecule has 1 aromatic carbocycles. The molecule has 3 nitrogen and oxygen atoms in total. The zero-order chi connectivity index (χ0) is 12.4. The van der Waals surface area contributed by atoms with Gasteiger partial charge in [0.2, 0.25) is 0 Å². The van der Waals surface area contributed by atoms with Crippen molar-refractivity contribution < 1.29 is 0 Å². The summed E-state index contributed by atoms with van der Waals surface area (Å²) in [4.78, 5) is 4.43. The highest BCUT2D eigenvalue weighted by Crippen LogP contribution is 2.27. The van der Waals surface area contributed by atoms with Crippen LogP contribution in [0.25, 0.3) is 11.0 Å². The maximum Gasteiger partial charge on any atom is 0.0958 e. The second kappa shape index (κ2) is 5.01. The summed E-state index contributed by atoms with van der Waals surface area (Å²) in [5.41, 5.74) is 8.79. The number of anilines is 1. The van der Waals surface area contributed by atoms with Gasteiger partial charge in [0.05, 0.1) is 17.4 Å². The number of hydrogen-bond donors (Lipinski definition) is 1. The molecule has 3 heteroatoms. The molecule has 2 aromatic rings. The highest BCUT2D eigenvalue weighted by molar-refractivity contribution is 5.78. The zero-order valence-corrected chi connectivity index (χ0v) is 10.8. The number of nitrogen functional groups attached to an aromatic ring is 1. The van der Waals surface area contributed by atoms with Crippen molar-refractivity contribution in [2.45, 2.75) is 45.1 Å². The molecule has 1 aliphatic carbocycles. The van der Waals surface area contributed by atoms with E-state index >= 15 is 0 Å². The third-order valence-electron chi connectivity index (χ3n) is 4.15. The van der Waals surface area contributed by atoms with Crippen molar-refractivity contribution in [2.75, 3.05) is 5.73 Å². The Morgan fingerprint density at radius 1 is 1.22 bits per heavy atom. The molecular formula is C15H21N3. The molecule has 1 aromatic heterocycles. The van der Waals surface area contributed by atoms with Crippen molar-refractivity contribution in [3.63, 3.8) is 0 Å². The molecule has 0 aliphatic heterocycles. The van der Waals surface area contributed by atoms with E-state index in [1.54, 1.807) is 0 Å². The number of benzene rings is 1. The van der Waals surface area contributed by atoms with Crippen molar-refractivity contribution in [2.24, 2.45) is 5.92 Å². The Labute approximate surface area is 108 Å². The van der Waals surface area contributed by atoms with Crippen LogP contribution in [0.3, 0.4) is 0 Å². The van der Waals surface area contributed by atoms with E-state index in [2.05, 4.69) is 15.6 Å². The van der Waals surface area contributed by atoms with E-state index in [9.17, 15) is 0 Å². The van der Waals surface area contributed by atoms with Gasteiger partial charge in [0.1, 0.15) is 0 Å². The first-order chi connectivity index (χ1) is 8.83. The fourth-order valence-corrected chi connectivity index (χ4v) is 3.06. The number of rotatable bonds is 3. The number of hydrogen-bond acceptors (Lipinski definition) is 2. The van der Waals surface area contributed by atoms with Crippen LogP contribution < -0.4 is 5.73 Å². The second-order valence-corrected chi connectivity index (χ2v) is 5.48. The van der Waals surface area contributed by atoms with Crippen molar-refractivity contribution in [3.05, 3.63) is 24.5 Å². The van der Waals surface area contributed by atoms with Gasteiger partial charge < -0.3 is 10.3 Å². The lowest BCUT2D eigenvalue weighted by molar-refractivity contribution is 0.325. The molecule has 1 saturated carbocycles. The molecule has 2 N–H and O–H groups in total. The summed E-state index contributed by atoms with van der Waals surface area (Å²) in [6.45, 7) is 1.09. The maximum atomic E-state index is 5.77. The lowest BCUT2D eigenvalue weighted by Gasteiger charge is -2.21. The first-order valence-electron chi connectivity index (χ1n) is 7.03. The molecule has 1 heterocycles. The van der Waals surface area contributed by atoms with Crippen LogP contribution in [0.4, 0.5) is 5.69 Å². The first-order valence-corrected chi connectivity index (χ1v) is 7.03. The van der Waals surface area contributed by atoms with Gasteiger partial charge in [-0.3, -0.25) is 0 Å². The average molecular weight is 243 g/mol. The van der Waals surface area contributed by atoms with Crippen LogP contribution >= 0.6 is 0 Å². The van der Waals surface area contributed by atoms with Gasteiger partial charge in [-0.15, -0.1) is 0 Å². The standard InChI is InChI=1S/C15H21N3/c16-13-6-7-15-14(10-13)17-11-18(15)9-8-12-4-2-1-3-5-12/h6-7,10-12H,1-5,8-9,16H2. The third-order valence-corrected chi connectivity index (χ3v) is 4.15. The van der Waals surface area contributed by atoms with Crippen molar-refractivity contribution >= 4 is 16.7 Å². The summed E-state index contributed by atoms with van der Waals surface area (Å²) in [5, 5.41) is 0. The van der Waals surface area contributed by atoms with E-state index in [0.29, 0.717) is 0 Å². The summed E-state index contributed by atoms with van der Waals surface area (Å²) in [5.74, 6) is 0.921.